The number of anilines is 2. The van der Waals surface area contributed by atoms with Crippen LogP contribution in [-0.4, -0.2) is 43.5 Å². The van der Waals surface area contributed by atoms with E-state index in [-0.39, 0.29) is 18.4 Å². The maximum Gasteiger partial charge on any atom is 0.253 e. The third kappa shape index (κ3) is 5.03. The number of hydrogen-bond acceptors (Lipinski definition) is 4. The molecule has 0 unspecified atom stereocenters. The summed E-state index contributed by atoms with van der Waals surface area (Å²) in [7, 11) is 1.57. The monoisotopic (exact) mass is 381 g/mol. The number of rotatable bonds is 6. The first-order valence-electron chi connectivity index (χ1n) is 9.63. The van der Waals surface area contributed by atoms with Crippen LogP contribution in [0, 0.1) is 5.92 Å². The van der Waals surface area contributed by atoms with Gasteiger partial charge in [-0.25, -0.2) is 0 Å². The lowest BCUT2D eigenvalue weighted by Crippen LogP contribution is -2.37. The zero-order valence-corrected chi connectivity index (χ0v) is 16.4. The molecule has 0 bridgehead atoms. The van der Waals surface area contributed by atoms with Gasteiger partial charge < -0.3 is 20.3 Å². The number of benzene rings is 2. The van der Waals surface area contributed by atoms with Gasteiger partial charge in [0.15, 0.2) is 0 Å². The lowest BCUT2D eigenvalue weighted by Gasteiger charge is -2.30. The van der Waals surface area contributed by atoms with Crippen molar-refractivity contribution in [2.45, 2.75) is 19.8 Å². The normalized spacial score (nSPS) is 14.4. The van der Waals surface area contributed by atoms with Crippen LogP contribution in [0.1, 0.15) is 30.1 Å². The second-order valence-electron chi connectivity index (χ2n) is 7.15. The second kappa shape index (κ2) is 9.26. The van der Waals surface area contributed by atoms with E-state index in [9.17, 15) is 9.59 Å². The molecule has 6 nitrogen and oxygen atoms in total. The van der Waals surface area contributed by atoms with Gasteiger partial charge in [-0.3, -0.25) is 9.59 Å². The Balaban J connectivity index is 1.51. The molecular weight excluding hydrogens is 354 g/mol. The minimum atomic E-state index is -0.174. The summed E-state index contributed by atoms with van der Waals surface area (Å²) in [4.78, 5) is 26.7. The van der Waals surface area contributed by atoms with Crippen molar-refractivity contribution in [2.75, 3.05) is 37.4 Å². The quantitative estimate of drug-likeness (QED) is 0.802. The summed E-state index contributed by atoms with van der Waals surface area (Å²) in [6.45, 7) is 3.99. The molecule has 6 heteroatoms. The Bertz CT molecular complexity index is 812. The van der Waals surface area contributed by atoms with Crippen LogP contribution < -0.4 is 15.4 Å². The van der Waals surface area contributed by atoms with Crippen molar-refractivity contribution in [2.24, 2.45) is 5.92 Å². The Kier molecular flexibility index (Phi) is 6.53. The molecule has 0 radical (unpaired) electrons. The molecule has 0 aliphatic carbocycles. The fraction of sp³-hybridized carbons (Fsp3) is 0.364. The Labute approximate surface area is 165 Å². The summed E-state index contributed by atoms with van der Waals surface area (Å²) in [6, 6.07) is 14.5. The number of likely N-dealkylation sites (tertiary alicyclic amines) is 1. The van der Waals surface area contributed by atoms with Crippen molar-refractivity contribution < 1.29 is 14.3 Å². The van der Waals surface area contributed by atoms with Crippen molar-refractivity contribution >= 4 is 23.2 Å². The van der Waals surface area contributed by atoms with E-state index < -0.39 is 0 Å². The average Bonchev–Trinajstić information content (AvgIpc) is 2.73. The molecule has 2 N–H and O–H groups in total. The predicted molar refractivity (Wildman–Crippen MR) is 111 cm³/mol. The number of ether oxygens (including phenoxy) is 1. The molecule has 1 aliphatic rings. The number of methoxy groups -OCH3 is 1. The van der Waals surface area contributed by atoms with Gasteiger partial charge in [-0.2, -0.15) is 0 Å². The van der Waals surface area contributed by atoms with Crippen LogP contribution in [-0.2, 0) is 4.79 Å². The third-order valence-corrected chi connectivity index (χ3v) is 5.04. The molecule has 0 spiro atoms. The van der Waals surface area contributed by atoms with Crippen LogP contribution in [0.15, 0.2) is 48.5 Å². The van der Waals surface area contributed by atoms with Gasteiger partial charge in [-0.15, -0.1) is 0 Å². The van der Waals surface area contributed by atoms with E-state index in [1.165, 1.54) is 0 Å². The van der Waals surface area contributed by atoms with Crippen LogP contribution in [0.3, 0.4) is 0 Å². The minimum Gasteiger partial charge on any atom is -0.495 e. The third-order valence-electron chi connectivity index (χ3n) is 5.04. The van der Waals surface area contributed by atoms with Crippen LogP contribution in [0.5, 0.6) is 5.75 Å². The van der Waals surface area contributed by atoms with Crippen LogP contribution in [0.2, 0.25) is 0 Å². The molecule has 1 saturated heterocycles. The van der Waals surface area contributed by atoms with Crippen molar-refractivity contribution in [3.05, 3.63) is 54.1 Å². The first kappa shape index (κ1) is 19.7. The van der Waals surface area contributed by atoms with Gasteiger partial charge in [0.2, 0.25) is 5.91 Å². The zero-order chi connectivity index (χ0) is 19.9. The largest absolute Gasteiger partial charge is 0.495 e. The lowest BCUT2D eigenvalue weighted by atomic mass is 9.98. The molecule has 2 aromatic rings. The number of carbonyl (C=O) groups excluding carboxylic acids is 2. The molecule has 0 aromatic heterocycles. The van der Waals surface area contributed by atoms with Gasteiger partial charge >= 0.3 is 0 Å². The number of carbonyl (C=O) groups is 2. The first-order valence-corrected chi connectivity index (χ1v) is 9.63. The summed E-state index contributed by atoms with van der Waals surface area (Å²) in [5.74, 6) is 1.21. The minimum absolute atomic E-state index is 0.0763. The number of piperidine rings is 1. The van der Waals surface area contributed by atoms with E-state index in [0.717, 1.165) is 31.6 Å². The molecular formula is C22H27N3O3. The maximum atomic E-state index is 12.6. The molecule has 0 atom stereocenters. The lowest BCUT2D eigenvalue weighted by molar-refractivity contribution is -0.114. The SMILES string of the molecule is COc1ccccc1NC(=O)CNc1ccc(C(=O)N2CCC(C)CC2)cc1. The highest BCUT2D eigenvalue weighted by molar-refractivity contribution is 5.96. The van der Waals surface area contributed by atoms with E-state index in [1.807, 2.05) is 29.2 Å². The number of nitrogens with zero attached hydrogens (tertiary/aromatic N) is 1. The highest BCUT2D eigenvalue weighted by Crippen LogP contribution is 2.23. The zero-order valence-electron chi connectivity index (χ0n) is 16.4. The van der Waals surface area contributed by atoms with Gasteiger partial charge in [-0.1, -0.05) is 19.1 Å². The molecule has 0 saturated carbocycles. The number of nitrogens with one attached hydrogen (secondary N) is 2. The maximum absolute atomic E-state index is 12.6. The van der Waals surface area contributed by atoms with E-state index in [0.29, 0.717) is 22.9 Å². The van der Waals surface area contributed by atoms with E-state index in [2.05, 4.69) is 17.6 Å². The summed E-state index contributed by atoms with van der Waals surface area (Å²) in [5.41, 5.74) is 2.10. The molecule has 2 amide bonds. The van der Waals surface area contributed by atoms with Crippen molar-refractivity contribution in [1.29, 1.82) is 0 Å². The summed E-state index contributed by atoms with van der Waals surface area (Å²) >= 11 is 0. The van der Waals surface area contributed by atoms with Crippen molar-refractivity contribution in [3.63, 3.8) is 0 Å². The standard InChI is InChI=1S/C22H27N3O3/c1-16-11-13-25(14-12-16)22(27)17-7-9-18(10-8-17)23-15-21(26)24-19-5-3-4-6-20(19)28-2/h3-10,16,23H,11-15H2,1-2H3,(H,24,26). The molecule has 28 heavy (non-hydrogen) atoms. The van der Waals surface area contributed by atoms with E-state index in [1.54, 1.807) is 31.4 Å². The molecule has 3 rings (SSSR count). The number of para-hydroxylation sites is 2. The number of amides is 2. The molecule has 1 heterocycles. The van der Waals surface area contributed by atoms with Crippen molar-refractivity contribution in [1.82, 2.24) is 4.90 Å². The average molecular weight is 381 g/mol. The second-order valence-corrected chi connectivity index (χ2v) is 7.15. The van der Waals surface area contributed by atoms with Crippen LogP contribution in [0.25, 0.3) is 0 Å². The Morgan fingerprint density at radius 2 is 1.75 bits per heavy atom. The smallest absolute Gasteiger partial charge is 0.253 e. The Morgan fingerprint density at radius 1 is 1.07 bits per heavy atom. The molecule has 1 fully saturated rings. The highest BCUT2D eigenvalue weighted by atomic mass is 16.5. The van der Waals surface area contributed by atoms with Gasteiger partial charge in [0.25, 0.3) is 5.91 Å². The fourth-order valence-electron chi connectivity index (χ4n) is 3.25. The summed E-state index contributed by atoms with van der Waals surface area (Å²) in [5, 5.41) is 5.90. The Morgan fingerprint density at radius 3 is 2.43 bits per heavy atom. The summed E-state index contributed by atoms with van der Waals surface area (Å²) in [6.07, 6.45) is 2.12. The predicted octanol–water partition coefficient (Wildman–Crippen LogP) is 3.62. The molecule has 2 aromatic carbocycles. The number of hydrogen-bond donors (Lipinski definition) is 2. The van der Waals surface area contributed by atoms with Gasteiger partial charge in [-0.05, 0) is 55.2 Å². The van der Waals surface area contributed by atoms with E-state index >= 15 is 0 Å². The first-order chi connectivity index (χ1) is 13.6. The highest BCUT2D eigenvalue weighted by Gasteiger charge is 2.21. The van der Waals surface area contributed by atoms with Gasteiger partial charge in [0, 0.05) is 24.3 Å². The van der Waals surface area contributed by atoms with E-state index in [4.69, 9.17) is 4.74 Å². The van der Waals surface area contributed by atoms with Gasteiger partial charge in [0.05, 0.1) is 19.3 Å². The molecule has 1 aliphatic heterocycles. The van der Waals surface area contributed by atoms with Gasteiger partial charge in [0.1, 0.15) is 5.75 Å². The fourth-order valence-corrected chi connectivity index (χ4v) is 3.25. The van der Waals surface area contributed by atoms with Crippen molar-refractivity contribution in [3.8, 4) is 5.75 Å². The Hall–Kier alpha value is -3.02. The molecule has 148 valence electrons. The topological polar surface area (TPSA) is 70.7 Å². The van der Waals surface area contributed by atoms with Crippen LogP contribution >= 0.6 is 0 Å². The van der Waals surface area contributed by atoms with Crippen LogP contribution in [0.4, 0.5) is 11.4 Å². The summed E-state index contributed by atoms with van der Waals surface area (Å²) < 4.78 is 5.23.